The summed E-state index contributed by atoms with van der Waals surface area (Å²) < 4.78 is 5.73. The molecule has 1 amide bonds. The Kier molecular flexibility index (Phi) is 5.76. The lowest BCUT2D eigenvalue weighted by Crippen LogP contribution is -2.42. The van der Waals surface area contributed by atoms with Gasteiger partial charge in [0.2, 0.25) is 0 Å². The quantitative estimate of drug-likeness (QED) is 0.885. The molecule has 3 rings (SSSR count). The molecule has 0 spiro atoms. The third-order valence-corrected chi connectivity index (χ3v) is 6.02. The first-order valence-corrected chi connectivity index (χ1v) is 9.62. The van der Waals surface area contributed by atoms with Crippen LogP contribution in [0.1, 0.15) is 34.9 Å². The molecule has 0 saturated carbocycles. The average Bonchev–Trinajstić information content (AvgIpc) is 3.17. The third kappa shape index (κ3) is 4.22. The lowest BCUT2D eigenvalue weighted by Gasteiger charge is -2.34. The molecular formula is C20H25NO3S. The first-order chi connectivity index (χ1) is 12.1. The van der Waals surface area contributed by atoms with Crippen LogP contribution in [-0.4, -0.2) is 35.6 Å². The number of nitrogens with zero attached hydrogens (tertiary/aromatic N) is 1. The van der Waals surface area contributed by atoms with Crippen molar-refractivity contribution >= 4 is 17.2 Å². The van der Waals surface area contributed by atoms with E-state index in [0.717, 1.165) is 34.6 Å². The lowest BCUT2D eigenvalue weighted by molar-refractivity contribution is -0.135. The van der Waals surface area contributed by atoms with E-state index in [-0.39, 0.29) is 18.4 Å². The van der Waals surface area contributed by atoms with Gasteiger partial charge in [-0.1, -0.05) is 18.2 Å². The van der Waals surface area contributed by atoms with Gasteiger partial charge in [-0.15, -0.1) is 11.3 Å². The minimum atomic E-state index is -0.413. The molecule has 1 fully saturated rings. The summed E-state index contributed by atoms with van der Waals surface area (Å²) >= 11 is 1.59. The number of amides is 1. The molecule has 2 heterocycles. The van der Waals surface area contributed by atoms with Crippen LogP contribution >= 0.6 is 11.3 Å². The van der Waals surface area contributed by atoms with E-state index in [9.17, 15) is 9.90 Å². The Labute approximate surface area is 153 Å². The van der Waals surface area contributed by atoms with Gasteiger partial charge in [0.25, 0.3) is 5.91 Å². The fourth-order valence-electron chi connectivity index (χ4n) is 3.27. The predicted octanol–water partition coefficient (Wildman–Crippen LogP) is 3.72. The van der Waals surface area contributed by atoms with E-state index < -0.39 is 6.10 Å². The fourth-order valence-corrected chi connectivity index (χ4v) is 4.07. The molecule has 1 aromatic heterocycles. The number of piperidine rings is 1. The minimum Gasteiger partial charge on any atom is -0.483 e. The van der Waals surface area contributed by atoms with Gasteiger partial charge in [0.15, 0.2) is 6.61 Å². The van der Waals surface area contributed by atoms with Gasteiger partial charge >= 0.3 is 0 Å². The third-order valence-electron chi connectivity index (χ3n) is 5.08. The Morgan fingerprint density at radius 3 is 2.72 bits per heavy atom. The summed E-state index contributed by atoms with van der Waals surface area (Å²) in [6.45, 7) is 5.48. The summed E-state index contributed by atoms with van der Waals surface area (Å²) in [7, 11) is 0. The first-order valence-electron chi connectivity index (χ1n) is 8.74. The van der Waals surface area contributed by atoms with Crippen LogP contribution in [0.3, 0.4) is 0 Å². The second-order valence-electron chi connectivity index (χ2n) is 6.67. The number of ether oxygens (including phenoxy) is 1. The molecule has 1 saturated heterocycles. The fraction of sp³-hybridized carbons (Fsp3) is 0.450. The number of aliphatic hydroxyl groups is 1. The van der Waals surface area contributed by atoms with Crippen molar-refractivity contribution in [2.45, 2.75) is 32.8 Å². The number of aryl methyl sites for hydroxylation is 1. The first kappa shape index (κ1) is 18.0. The number of thiophene rings is 1. The van der Waals surface area contributed by atoms with E-state index in [2.05, 4.69) is 0 Å². The lowest BCUT2D eigenvalue weighted by atomic mass is 9.90. The van der Waals surface area contributed by atoms with E-state index >= 15 is 0 Å². The maximum Gasteiger partial charge on any atom is 0.260 e. The van der Waals surface area contributed by atoms with Crippen molar-refractivity contribution in [3.8, 4) is 5.75 Å². The van der Waals surface area contributed by atoms with Crippen LogP contribution in [0.4, 0.5) is 0 Å². The topological polar surface area (TPSA) is 49.8 Å². The molecule has 1 unspecified atom stereocenters. The van der Waals surface area contributed by atoms with E-state index in [0.29, 0.717) is 13.1 Å². The van der Waals surface area contributed by atoms with Crippen molar-refractivity contribution < 1.29 is 14.6 Å². The maximum absolute atomic E-state index is 12.4. The molecule has 134 valence electrons. The molecule has 25 heavy (non-hydrogen) atoms. The highest BCUT2D eigenvalue weighted by Crippen LogP contribution is 2.33. The molecule has 1 N–H and O–H groups in total. The number of carbonyl (C=O) groups excluding carboxylic acids is 1. The Hall–Kier alpha value is -1.85. The summed E-state index contributed by atoms with van der Waals surface area (Å²) in [6.07, 6.45) is 1.24. The zero-order valence-electron chi connectivity index (χ0n) is 14.8. The van der Waals surface area contributed by atoms with Gasteiger partial charge in [-0.25, -0.2) is 0 Å². The number of hydrogen-bond acceptors (Lipinski definition) is 4. The van der Waals surface area contributed by atoms with Crippen molar-refractivity contribution in [1.29, 1.82) is 0 Å². The minimum absolute atomic E-state index is 0.0185. The molecule has 4 nitrogen and oxygen atoms in total. The van der Waals surface area contributed by atoms with E-state index in [1.54, 1.807) is 11.3 Å². The maximum atomic E-state index is 12.4. The van der Waals surface area contributed by atoms with Crippen LogP contribution < -0.4 is 4.74 Å². The summed E-state index contributed by atoms with van der Waals surface area (Å²) in [6, 6.07) is 9.82. The predicted molar refractivity (Wildman–Crippen MR) is 100.0 cm³/mol. The number of rotatable bonds is 5. The molecule has 0 radical (unpaired) electrons. The molecule has 0 bridgehead atoms. The highest BCUT2D eigenvalue weighted by molar-refractivity contribution is 7.10. The van der Waals surface area contributed by atoms with Crippen molar-refractivity contribution in [2.75, 3.05) is 19.7 Å². The van der Waals surface area contributed by atoms with Crippen LogP contribution in [0.25, 0.3) is 0 Å². The van der Waals surface area contributed by atoms with Crippen molar-refractivity contribution in [2.24, 2.45) is 5.92 Å². The van der Waals surface area contributed by atoms with Crippen LogP contribution in [-0.2, 0) is 4.79 Å². The average molecular weight is 359 g/mol. The molecule has 1 atom stereocenters. The number of aliphatic hydroxyl groups excluding tert-OH is 1. The Bertz CT molecular complexity index is 706. The van der Waals surface area contributed by atoms with E-state index in [4.69, 9.17) is 4.74 Å². The van der Waals surface area contributed by atoms with Gasteiger partial charge in [-0.3, -0.25) is 4.79 Å². The van der Waals surface area contributed by atoms with Gasteiger partial charge in [0.05, 0.1) is 6.10 Å². The molecule has 1 aliphatic heterocycles. The highest BCUT2D eigenvalue weighted by atomic mass is 32.1. The molecular weight excluding hydrogens is 334 g/mol. The normalized spacial score (nSPS) is 16.7. The van der Waals surface area contributed by atoms with E-state index in [1.165, 1.54) is 0 Å². The number of benzene rings is 1. The number of carbonyl (C=O) groups is 1. The molecule has 2 aromatic rings. The van der Waals surface area contributed by atoms with Gasteiger partial charge in [-0.05, 0) is 61.2 Å². The SMILES string of the molecule is Cc1cccc(OCC(=O)N2CCC(C(O)c3cccs3)CC2)c1C. The van der Waals surface area contributed by atoms with Gasteiger partial charge in [-0.2, -0.15) is 0 Å². The molecule has 1 aliphatic rings. The standard InChI is InChI=1S/C20H25NO3S/c1-14-5-3-6-17(15(14)2)24-13-19(22)21-10-8-16(9-11-21)20(23)18-7-4-12-25-18/h3-7,12,16,20,23H,8-11,13H2,1-2H3. The van der Waals surface area contributed by atoms with Crippen molar-refractivity contribution in [3.63, 3.8) is 0 Å². The summed E-state index contributed by atoms with van der Waals surface area (Å²) in [5.41, 5.74) is 2.24. The number of likely N-dealkylation sites (tertiary alicyclic amines) is 1. The second kappa shape index (κ2) is 8.02. The van der Waals surface area contributed by atoms with Gasteiger partial charge in [0, 0.05) is 18.0 Å². The van der Waals surface area contributed by atoms with Crippen LogP contribution in [0, 0.1) is 19.8 Å². The smallest absolute Gasteiger partial charge is 0.260 e. The van der Waals surface area contributed by atoms with Crippen LogP contribution in [0.2, 0.25) is 0 Å². The summed E-state index contributed by atoms with van der Waals surface area (Å²) in [4.78, 5) is 15.3. The van der Waals surface area contributed by atoms with Crippen LogP contribution in [0.15, 0.2) is 35.7 Å². The van der Waals surface area contributed by atoms with E-state index in [1.807, 2.05) is 54.5 Å². The number of hydrogen-bond donors (Lipinski definition) is 1. The zero-order valence-corrected chi connectivity index (χ0v) is 15.6. The van der Waals surface area contributed by atoms with Crippen molar-refractivity contribution in [1.82, 2.24) is 4.90 Å². The Balaban J connectivity index is 1.49. The Morgan fingerprint density at radius 1 is 1.28 bits per heavy atom. The largest absolute Gasteiger partial charge is 0.483 e. The monoisotopic (exact) mass is 359 g/mol. The second-order valence-corrected chi connectivity index (χ2v) is 7.64. The van der Waals surface area contributed by atoms with Gasteiger partial charge in [0.1, 0.15) is 5.75 Å². The molecule has 5 heteroatoms. The zero-order chi connectivity index (χ0) is 17.8. The summed E-state index contributed by atoms with van der Waals surface area (Å²) in [5, 5.41) is 12.4. The Morgan fingerprint density at radius 2 is 2.04 bits per heavy atom. The van der Waals surface area contributed by atoms with Crippen LogP contribution in [0.5, 0.6) is 5.75 Å². The molecule has 0 aliphatic carbocycles. The van der Waals surface area contributed by atoms with Gasteiger partial charge < -0.3 is 14.7 Å². The van der Waals surface area contributed by atoms with Crippen molar-refractivity contribution in [3.05, 3.63) is 51.7 Å². The summed E-state index contributed by atoms with van der Waals surface area (Å²) in [5.74, 6) is 1.02. The highest BCUT2D eigenvalue weighted by Gasteiger charge is 2.28. The molecule has 1 aromatic carbocycles.